The molecule has 5 aliphatic rings. The summed E-state index contributed by atoms with van der Waals surface area (Å²) in [6, 6.07) is 3.77. The third kappa shape index (κ3) is 1.88. The zero-order valence-corrected chi connectivity index (χ0v) is 16.0. The van der Waals surface area contributed by atoms with Crippen LogP contribution in [0.2, 0.25) is 0 Å². The van der Waals surface area contributed by atoms with Crippen LogP contribution in [-0.2, 0) is 21.3 Å². The summed E-state index contributed by atoms with van der Waals surface area (Å²) < 4.78 is 18.2. The Morgan fingerprint density at radius 2 is 2.07 bits per heavy atom. The molecule has 6 heteroatoms. The van der Waals surface area contributed by atoms with Gasteiger partial charge in [-0.15, -0.1) is 6.58 Å². The molecule has 3 aliphatic heterocycles. The molecule has 3 fully saturated rings. The second kappa shape index (κ2) is 5.72. The van der Waals surface area contributed by atoms with E-state index in [1.807, 2.05) is 12.1 Å². The minimum Gasteiger partial charge on any atom is -0.504 e. The van der Waals surface area contributed by atoms with Crippen LogP contribution in [-0.4, -0.2) is 65.5 Å². The van der Waals surface area contributed by atoms with E-state index in [9.17, 15) is 10.2 Å². The lowest BCUT2D eigenvalue weighted by Gasteiger charge is -2.64. The van der Waals surface area contributed by atoms with Crippen LogP contribution in [0.25, 0.3) is 0 Å². The summed E-state index contributed by atoms with van der Waals surface area (Å²) in [5.41, 5.74) is 0.819. The SMILES string of the molecule is C=CCN1CC[C@]23c4c5ccc(O)c4O[C@H]2C(C2OCCO2)CCC3(O)C1C5. The standard InChI is InChI=1S/C22H27NO5/c1-2-8-23-9-7-21-17-13-3-4-15(24)18(17)28-19(21)14(20-26-10-11-27-20)5-6-22(21,25)16(23)12-13/h2-4,14,16,19-20,24-25H,1,5-12H2/t14?,16?,19-,21-,22?/m0/s1. The summed E-state index contributed by atoms with van der Waals surface area (Å²) in [6.07, 6.45) is 4.43. The van der Waals surface area contributed by atoms with Crippen molar-refractivity contribution in [1.29, 1.82) is 0 Å². The van der Waals surface area contributed by atoms with Gasteiger partial charge in [-0.05, 0) is 43.9 Å². The monoisotopic (exact) mass is 385 g/mol. The topological polar surface area (TPSA) is 71.4 Å². The quantitative estimate of drug-likeness (QED) is 0.772. The van der Waals surface area contributed by atoms with Crippen LogP contribution in [0.1, 0.15) is 30.4 Å². The largest absolute Gasteiger partial charge is 0.504 e. The lowest BCUT2D eigenvalue weighted by Crippen LogP contribution is -2.76. The number of aromatic hydroxyl groups is 1. The van der Waals surface area contributed by atoms with Crippen molar-refractivity contribution in [3.8, 4) is 11.5 Å². The molecular weight excluding hydrogens is 358 g/mol. The number of hydrogen-bond donors (Lipinski definition) is 2. The van der Waals surface area contributed by atoms with Crippen molar-refractivity contribution in [2.75, 3.05) is 26.3 Å². The highest BCUT2D eigenvalue weighted by Gasteiger charge is 2.73. The highest BCUT2D eigenvalue weighted by Crippen LogP contribution is 2.66. The Morgan fingerprint density at radius 3 is 2.86 bits per heavy atom. The van der Waals surface area contributed by atoms with E-state index in [-0.39, 0.29) is 30.1 Å². The van der Waals surface area contributed by atoms with Crippen LogP contribution < -0.4 is 4.74 Å². The molecule has 6 rings (SSSR count). The number of likely N-dealkylation sites (tertiary alicyclic amines) is 1. The Kier molecular flexibility index (Phi) is 3.53. The molecule has 1 aromatic carbocycles. The number of ether oxygens (including phenoxy) is 3. The first kappa shape index (κ1) is 17.3. The van der Waals surface area contributed by atoms with Gasteiger partial charge in [0.15, 0.2) is 17.8 Å². The average Bonchev–Trinajstić information content (AvgIpc) is 3.32. The van der Waals surface area contributed by atoms with Crippen molar-refractivity contribution < 1.29 is 24.4 Å². The number of nitrogens with zero attached hydrogens (tertiary/aromatic N) is 1. The lowest BCUT2D eigenvalue weighted by atomic mass is 9.47. The van der Waals surface area contributed by atoms with Gasteiger partial charge < -0.3 is 24.4 Å². The van der Waals surface area contributed by atoms with Gasteiger partial charge >= 0.3 is 0 Å². The Morgan fingerprint density at radius 1 is 1.25 bits per heavy atom. The predicted octanol–water partition coefficient (Wildman–Crippen LogP) is 1.72. The molecule has 0 radical (unpaired) electrons. The van der Waals surface area contributed by atoms with Gasteiger partial charge in [0.2, 0.25) is 0 Å². The van der Waals surface area contributed by atoms with Crippen LogP contribution in [0.5, 0.6) is 11.5 Å². The van der Waals surface area contributed by atoms with Gasteiger partial charge in [0, 0.05) is 24.1 Å². The third-order valence-electron chi connectivity index (χ3n) is 7.98. The van der Waals surface area contributed by atoms with Crippen molar-refractivity contribution in [3.63, 3.8) is 0 Å². The highest BCUT2D eigenvalue weighted by molar-refractivity contribution is 5.62. The first-order chi connectivity index (χ1) is 13.6. The number of aliphatic hydroxyl groups is 1. The second-order valence-electron chi connectivity index (χ2n) is 8.95. The maximum absolute atomic E-state index is 12.2. The summed E-state index contributed by atoms with van der Waals surface area (Å²) >= 11 is 0. The van der Waals surface area contributed by atoms with Crippen molar-refractivity contribution in [1.82, 2.24) is 4.90 Å². The van der Waals surface area contributed by atoms with Gasteiger partial charge in [-0.25, -0.2) is 0 Å². The Labute approximate surface area is 164 Å². The number of phenols is 1. The van der Waals surface area contributed by atoms with Gasteiger partial charge in [0.05, 0.1) is 24.2 Å². The molecule has 3 unspecified atom stereocenters. The molecule has 28 heavy (non-hydrogen) atoms. The lowest BCUT2D eigenvalue weighted by molar-refractivity contribution is -0.222. The summed E-state index contributed by atoms with van der Waals surface area (Å²) in [4.78, 5) is 2.37. The van der Waals surface area contributed by atoms with Crippen LogP contribution in [0.15, 0.2) is 24.8 Å². The summed E-state index contributed by atoms with van der Waals surface area (Å²) in [5, 5.41) is 22.8. The molecule has 1 spiro atoms. The van der Waals surface area contributed by atoms with E-state index in [0.717, 1.165) is 37.9 Å². The molecule has 0 aromatic heterocycles. The van der Waals surface area contributed by atoms with Crippen molar-refractivity contribution in [2.24, 2.45) is 5.92 Å². The highest BCUT2D eigenvalue weighted by atomic mass is 16.7. The minimum absolute atomic E-state index is 0.0275. The van der Waals surface area contributed by atoms with Crippen LogP contribution in [0.3, 0.4) is 0 Å². The van der Waals surface area contributed by atoms with Gasteiger partial charge in [-0.2, -0.15) is 0 Å². The summed E-state index contributed by atoms with van der Waals surface area (Å²) in [5.74, 6) is 0.789. The van der Waals surface area contributed by atoms with E-state index in [1.54, 1.807) is 6.07 Å². The fourth-order valence-corrected chi connectivity index (χ4v) is 6.96. The molecule has 2 bridgehead atoms. The van der Waals surface area contributed by atoms with Gasteiger partial charge in [0.1, 0.15) is 6.10 Å². The van der Waals surface area contributed by atoms with E-state index < -0.39 is 11.0 Å². The molecule has 2 aliphatic carbocycles. The number of hydrogen-bond acceptors (Lipinski definition) is 6. The van der Waals surface area contributed by atoms with Gasteiger partial charge in [-0.1, -0.05) is 12.1 Å². The fourth-order valence-electron chi connectivity index (χ4n) is 6.96. The van der Waals surface area contributed by atoms with E-state index in [4.69, 9.17) is 14.2 Å². The van der Waals surface area contributed by atoms with Crippen LogP contribution in [0, 0.1) is 5.92 Å². The van der Waals surface area contributed by atoms with Gasteiger partial charge in [0.25, 0.3) is 0 Å². The van der Waals surface area contributed by atoms with E-state index >= 15 is 0 Å². The molecule has 6 nitrogen and oxygen atoms in total. The first-order valence-electron chi connectivity index (χ1n) is 10.4. The Balaban J connectivity index is 1.55. The van der Waals surface area contributed by atoms with E-state index in [1.165, 1.54) is 5.56 Å². The number of phenolic OH excluding ortho intramolecular Hbond substituents is 1. The second-order valence-corrected chi connectivity index (χ2v) is 8.95. The van der Waals surface area contributed by atoms with E-state index in [2.05, 4.69) is 11.5 Å². The Hall–Kier alpha value is -1.60. The molecule has 3 heterocycles. The van der Waals surface area contributed by atoms with E-state index in [0.29, 0.717) is 25.4 Å². The molecule has 150 valence electrons. The number of benzene rings is 1. The first-order valence-corrected chi connectivity index (χ1v) is 10.4. The summed E-state index contributed by atoms with van der Waals surface area (Å²) in [6.45, 7) is 6.77. The smallest absolute Gasteiger partial charge is 0.165 e. The minimum atomic E-state index is -0.889. The zero-order valence-electron chi connectivity index (χ0n) is 16.0. The van der Waals surface area contributed by atoms with Crippen molar-refractivity contribution in [3.05, 3.63) is 35.9 Å². The molecule has 0 amide bonds. The molecule has 1 aromatic rings. The molecular formula is C22H27NO5. The predicted molar refractivity (Wildman–Crippen MR) is 101 cm³/mol. The summed E-state index contributed by atoms with van der Waals surface area (Å²) in [7, 11) is 0. The average molecular weight is 385 g/mol. The normalized spacial score (nSPS) is 41.5. The van der Waals surface area contributed by atoms with Gasteiger partial charge in [-0.3, -0.25) is 4.90 Å². The molecule has 2 N–H and O–H groups in total. The molecule has 1 saturated carbocycles. The van der Waals surface area contributed by atoms with Crippen molar-refractivity contribution >= 4 is 0 Å². The third-order valence-corrected chi connectivity index (χ3v) is 7.98. The van der Waals surface area contributed by atoms with Crippen LogP contribution >= 0.6 is 0 Å². The number of piperidine rings is 1. The maximum atomic E-state index is 12.2. The van der Waals surface area contributed by atoms with Crippen molar-refractivity contribution in [2.45, 2.75) is 55.1 Å². The Bertz CT molecular complexity index is 836. The maximum Gasteiger partial charge on any atom is 0.165 e. The fraction of sp³-hybridized carbons (Fsp3) is 0.636. The zero-order chi connectivity index (χ0) is 19.1. The molecule has 5 atom stereocenters. The van der Waals surface area contributed by atoms with Crippen LogP contribution in [0.4, 0.5) is 0 Å². The number of rotatable bonds is 3. The molecule has 2 saturated heterocycles.